The standard InChI is InChI=1S/C8H7FNO/c9-6-3-7(5-1-2-5)8(11)10-4-6/h3-4H,1-2H2,(H,10,11). The summed E-state index contributed by atoms with van der Waals surface area (Å²) in [5.41, 5.74) is 0.574. The van der Waals surface area contributed by atoms with E-state index in [-0.39, 0.29) is 5.88 Å². The summed E-state index contributed by atoms with van der Waals surface area (Å²) in [6, 6.07) is 1.32. The molecule has 2 nitrogen and oxygen atoms in total. The van der Waals surface area contributed by atoms with Gasteiger partial charge in [-0.15, -0.1) is 0 Å². The Hall–Kier alpha value is -1.12. The van der Waals surface area contributed by atoms with Gasteiger partial charge in [-0.2, -0.15) is 0 Å². The number of pyridine rings is 1. The average Bonchev–Trinajstić information content (AvgIpc) is 2.76. The fourth-order valence-corrected chi connectivity index (χ4v) is 1.02. The van der Waals surface area contributed by atoms with Gasteiger partial charge in [0.15, 0.2) is 0 Å². The monoisotopic (exact) mass is 152 g/mol. The second-order valence-electron chi connectivity index (χ2n) is 2.63. The molecule has 1 fully saturated rings. The highest BCUT2D eigenvalue weighted by atomic mass is 19.1. The SMILES string of the molecule is Oc1ncc(F)cc1[C]1CC1. The Morgan fingerprint density at radius 1 is 1.45 bits per heavy atom. The van der Waals surface area contributed by atoms with E-state index >= 15 is 0 Å². The molecule has 1 saturated carbocycles. The van der Waals surface area contributed by atoms with E-state index in [0.717, 1.165) is 25.0 Å². The summed E-state index contributed by atoms with van der Waals surface area (Å²) in [6.45, 7) is 0. The van der Waals surface area contributed by atoms with Gasteiger partial charge in [-0.25, -0.2) is 9.37 Å². The minimum Gasteiger partial charge on any atom is -0.493 e. The maximum Gasteiger partial charge on any atom is 0.214 e. The van der Waals surface area contributed by atoms with Crippen LogP contribution < -0.4 is 0 Å². The minimum atomic E-state index is -0.391. The smallest absolute Gasteiger partial charge is 0.214 e. The third kappa shape index (κ3) is 1.18. The van der Waals surface area contributed by atoms with Crippen LogP contribution >= 0.6 is 0 Å². The summed E-state index contributed by atoms with van der Waals surface area (Å²) < 4.78 is 12.5. The molecule has 1 N–H and O–H groups in total. The van der Waals surface area contributed by atoms with Gasteiger partial charge in [-0.05, 0) is 18.9 Å². The van der Waals surface area contributed by atoms with Crippen LogP contribution in [0.4, 0.5) is 4.39 Å². The Labute approximate surface area is 63.7 Å². The molecule has 0 spiro atoms. The Bertz CT molecular complexity index is 283. The Kier molecular flexibility index (Phi) is 1.31. The van der Waals surface area contributed by atoms with Gasteiger partial charge in [0, 0.05) is 11.5 Å². The molecule has 1 aromatic heterocycles. The number of aromatic hydroxyl groups is 1. The number of rotatable bonds is 1. The summed E-state index contributed by atoms with van der Waals surface area (Å²) in [6.07, 6.45) is 2.93. The van der Waals surface area contributed by atoms with Crippen molar-refractivity contribution in [3.63, 3.8) is 0 Å². The number of halogens is 1. The largest absolute Gasteiger partial charge is 0.493 e. The highest BCUT2D eigenvalue weighted by Crippen LogP contribution is 2.42. The van der Waals surface area contributed by atoms with Crippen molar-refractivity contribution in [2.75, 3.05) is 0 Å². The highest BCUT2D eigenvalue weighted by molar-refractivity contribution is 5.43. The first-order valence-corrected chi connectivity index (χ1v) is 3.47. The molecular formula is C8H7FNO. The van der Waals surface area contributed by atoms with E-state index in [0.29, 0.717) is 5.56 Å². The third-order valence-electron chi connectivity index (χ3n) is 1.71. The molecule has 57 valence electrons. The topological polar surface area (TPSA) is 33.1 Å². The number of hydrogen-bond donors (Lipinski definition) is 1. The van der Waals surface area contributed by atoms with Crippen molar-refractivity contribution < 1.29 is 9.50 Å². The number of hydrogen-bond acceptors (Lipinski definition) is 2. The second-order valence-corrected chi connectivity index (χ2v) is 2.63. The maximum absolute atomic E-state index is 12.5. The molecule has 0 aromatic carbocycles. The molecule has 1 radical (unpaired) electrons. The maximum atomic E-state index is 12.5. The molecule has 0 atom stereocenters. The fourth-order valence-electron chi connectivity index (χ4n) is 1.02. The van der Waals surface area contributed by atoms with Gasteiger partial charge in [0.1, 0.15) is 5.82 Å². The molecule has 0 bridgehead atoms. The van der Waals surface area contributed by atoms with Crippen LogP contribution in [0, 0.1) is 11.7 Å². The van der Waals surface area contributed by atoms with Crippen LogP contribution in [0.3, 0.4) is 0 Å². The quantitative estimate of drug-likeness (QED) is 0.663. The van der Waals surface area contributed by atoms with Crippen molar-refractivity contribution >= 4 is 0 Å². The molecule has 0 aliphatic heterocycles. The van der Waals surface area contributed by atoms with Crippen molar-refractivity contribution in [1.82, 2.24) is 4.98 Å². The molecule has 1 aliphatic rings. The van der Waals surface area contributed by atoms with Crippen LogP contribution in [0.15, 0.2) is 12.3 Å². The van der Waals surface area contributed by atoms with Crippen LogP contribution in [-0.2, 0) is 0 Å². The summed E-state index contributed by atoms with van der Waals surface area (Å²) in [5, 5.41) is 9.15. The zero-order valence-corrected chi connectivity index (χ0v) is 5.84. The zero-order valence-electron chi connectivity index (χ0n) is 5.84. The molecule has 2 rings (SSSR count). The summed E-state index contributed by atoms with van der Waals surface area (Å²) in [5.74, 6) is 0.644. The molecular weight excluding hydrogens is 145 g/mol. The van der Waals surface area contributed by atoms with E-state index in [1.54, 1.807) is 0 Å². The molecule has 11 heavy (non-hydrogen) atoms. The first-order valence-electron chi connectivity index (χ1n) is 3.47. The van der Waals surface area contributed by atoms with Gasteiger partial charge in [-0.3, -0.25) is 0 Å². The van der Waals surface area contributed by atoms with Gasteiger partial charge in [-0.1, -0.05) is 0 Å². The molecule has 1 aliphatic carbocycles. The average molecular weight is 152 g/mol. The van der Waals surface area contributed by atoms with Gasteiger partial charge in [0.2, 0.25) is 5.88 Å². The van der Waals surface area contributed by atoms with E-state index in [1.807, 2.05) is 0 Å². The molecule has 0 amide bonds. The van der Waals surface area contributed by atoms with Crippen LogP contribution in [0.5, 0.6) is 5.88 Å². The van der Waals surface area contributed by atoms with Crippen molar-refractivity contribution in [3.8, 4) is 5.88 Å². The normalized spacial score (nSPS) is 16.8. The lowest BCUT2D eigenvalue weighted by molar-refractivity contribution is 0.445. The predicted octanol–water partition coefficient (Wildman–Crippen LogP) is 1.64. The predicted molar refractivity (Wildman–Crippen MR) is 37.4 cm³/mol. The summed E-state index contributed by atoms with van der Waals surface area (Å²) >= 11 is 0. The lowest BCUT2D eigenvalue weighted by atomic mass is 10.2. The van der Waals surface area contributed by atoms with Gasteiger partial charge >= 0.3 is 0 Å². The van der Waals surface area contributed by atoms with E-state index in [2.05, 4.69) is 4.98 Å². The molecule has 0 saturated heterocycles. The number of aromatic nitrogens is 1. The van der Waals surface area contributed by atoms with Crippen molar-refractivity contribution in [3.05, 3.63) is 29.6 Å². The van der Waals surface area contributed by atoms with Crippen LogP contribution in [0.2, 0.25) is 0 Å². The van der Waals surface area contributed by atoms with Crippen molar-refractivity contribution in [1.29, 1.82) is 0 Å². The molecule has 3 heteroatoms. The van der Waals surface area contributed by atoms with E-state index in [1.165, 1.54) is 6.07 Å². The lowest BCUT2D eigenvalue weighted by Crippen LogP contribution is -1.87. The van der Waals surface area contributed by atoms with Gasteiger partial charge in [0.25, 0.3) is 0 Å². The Morgan fingerprint density at radius 2 is 2.18 bits per heavy atom. The minimum absolute atomic E-state index is 0.0566. The Morgan fingerprint density at radius 3 is 2.82 bits per heavy atom. The second kappa shape index (κ2) is 2.19. The van der Waals surface area contributed by atoms with E-state index in [4.69, 9.17) is 5.11 Å². The first-order chi connectivity index (χ1) is 5.27. The molecule has 1 heterocycles. The third-order valence-corrected chi connectivity index (χ3v) is 1.71. The highest BCUT2D eigenvalue weighted by Gasteiger charge is 2.28. The van der Waals surface area contributed by atoms with E-state index < -0.39 is 5.82 Å². The lowest BCUT2D eigenvalue weighted by Gasteiger charge is -1.98. The van der Waals surface area contributed by atoms with Crippen molar-refractivity contribution in [2.24, 2.45) is 0 Å². The van der Waals surface area contributed by atoms with Crippen LogP contribution in [0.1, 0.15) is 18.4 Å². The van der Waals surface area contributed by atoms with Crippen molar-refractivity contribution in [2.45, 2.75) is 12.8 Å². The fraction of sp³-hybridized carbons (Fsp3) is 0.250. The van der Waals surface area contributed by atoms with Gasteiger partial charge in [0.05, 0.1) is 6.20 Å². The Balaban J connectivity index is 2.42. The number of nitrogens with zero attached hydrogens (tertiary/aromatic N) is 1. The molecule has 1 aromatic rings. The summed E-state index contributed by atoms with van der Waals surface area (Å²) in [4.78, 5) is 3.50. The zero-order chi connectivity index (χ0) is 7.84. The molecule has 0 unspecified atom stereocenters. The van der Waals surface area contributed by atoms with Crippen LogP contribution in [0.25, 0.3) is 0 Å². The van der Waals surface area contributed by atoms with Gasteiger partial charge < -0.3 is 5.11 Å². The van der Waals surface area contributed by atoms with Crippen LogP contribution in [-0.4, -0.2) is 10.1 Å². The summed E-state index contributed by atoms with van der Waals surface area (Å²) in [7, 11) is 0. The first kappa shape index (κ1) is 6.58. The van der Waals surface area contributed by atoms with E-state index in [9.17, 15) is 4.39 Å².